The van der Waals surface area contributed by atoms with E-state index in [1.807, 2.05) is 41.4 Å². The smallest absolute Gasteiger partial charge is 0.251 e. The number of hydrogen-bond acceptors (Lipinski definition) is 5. The molecule has 0 radical (unpaired) electrons. The van der Waals surface area contributed by atoms with Crippen LogP contribution in [0.1, 0.15) is 29.6 Å². The van der Waals surface area contributed by atoms with Gasteiger partial charge in [-0.25, -0.2) is 4.98 Å². The second-order valence-corrected chi connectivity index (χ2v) is 8.70. The number of likely N-dealkylation sites (tertiary alicyclic amines) is 1. The third-order valence-corrected chi connectivity index (χ3v) is 6.39. The molecule has 3 heterocycles. The molecule has 32 heavy (non-hydrogen) atoms. The van der Waals surface area contributed by atoms with Crippen LogP contribution in [0, 0.1) is 5.92 Å². The van der Waals surface area contributed by atoms with E-state index in [2.05, 4.69) is 26.2 Å². The van der Waals surface area contributed by atoms with E-state index in [0.717, 1.165) is 58.1 Å². The second-order valence-electron chi connectivity index (χ2n) is 8.70. The molecule has 7 heteroatoms. The van der Waals surface area contributed by atoms with Crippen LogP contribution in [0.25, 0.3) is 0 Å². The Balaban J connectivity index is 1.17. The first-order chi connectivity index (χ1) is 15.7. The quantitative estimate of drug-likeness (QED) is 0.723. The maximum atomic E-state index is 12.7. The number of benzene rings is 1. The van der Waals surface area contributed by atoms with Gasteiger partial charge in [0.15, 0.2) is 0 Å². The average Bonchev–Trinajstić information content (AvgIpc) is 2.85. The molecule has 170 valence electrons. The highest BCUT2D eigenvalue weighted by molar-refractivity contribution is 5.94. The number of aromatic nitrogens is 1. The lowest BCUT2D eigenvalue weighted by Gasteiger charge is -2.39. The number of nitrogens with one attached hydrogen (secondary N) is 1. The van der Waals surface area contributed by atoms with E-state index in [1.165, 1.54) is 6.42 Å². The summed E-state index contributed by atoms with van der Waals surface area (Å²) in [5.41, 5.74) is 0.626. The van der Waals surface area contributed by atoms with Gasteiger partial charge in [-0.1, -0.05) is 24.3 Å². The van der Waals surface area contributed by atoms with Crippen LogP contribution in [0.4, 0.5) is 5.82 Å². The van der Waals surface area contributed by atoms with Crippen molar-refractivity contribution in [3.8, 4) is 0 Å². The molecule has 1 aromatic carbocycles. The van der Waals surface area contributed by atoms with Crippen molar-refractivity contribution in [1.82, 2.24) is 20.1 Å². The zero-order chi connectivity index (χ0) is 22.2. The molecule has 2 aliphatic rings. The molecule has 2 aromatic rings. The Bertz CT molecular complexity index is 868. The van der Waals surface area contributed by atoms with Crippen molar-refractivity contribution in [3.05, 3.63) is 60.3 Å². The lowest BCUT2D eigenvalue weighted by atomic mass is 9.96. The minimum absolute atomic E-state index is 0.125. The van der Waals surface area contributed by atoms with Crippen molar-refractivity contribution >= 4 is 17.6 Å². The van der Waals surface area contributed by atoms with E-state index in [1.54, 1.807) is 12.1 Å². The van der Waals surface area contributed by atoms with Gasteiger partial charge in [-0.05, 0) is 43.0 Å². The molecule has 7 nitrogen and oxygen atoms in total. The van der Waals surface area contributed by atoms with Crippen molar-refractivity contribution < 1.29 is 9.59 Å². The van der Waals surface area contributed by atoms with Gasteiger partial charge in [0.25, 0.3) is 5.91 Å². The van der Waals surface area contributed by atoms with E-state index in [-0.39, 0.29) is 11.8 Å². The summed E-state index contributed by atoms with van der Waals surface area (Å²) in [7, 11) is 0. The monoisotopic (exact) mass is 435 g/mol. The third kappa shape index (κ3) is 6.07. The van der Waals surface area contributed by atoms with Gasteiger partial charge < -0.3 is 15.1 Å². The van der Waals surface area contributed by atoms with Gasteiger partial charge >= 0.3 is 0 Å². The molecular formula is C25H33N5O2. The Hall–Kier alpha value is -2.93. The van der Waals surface area contributed by atoms with Gasteiger partial charge in [0.2, 0.25) is 5.91 Å². The summed E-state index contributed by atoms with van der Waals surface area (Å²) in [5.74, 6) is 1.59. The van der Waals surface area contributed by atoms with E-state index in [9.17, 15) is 9.59 Å². The zero-order valence-corrected chi connectivity index (χ0v) is 18.7. The molecular weight excluding hydrogens is 402 g/mol. The molecule has 4 rings (SSSR count). The normalized spacial score (nSPS) is 19.6. The first-order valence-corrected chi connectivity index (χ1v) is 11.7. The largest absolute Gasteiger partial charge is 0.354 e. The Morgan fingerprint density at radius 1 is 0.969 bits per heavy atom. The highest BCUT2D eigenvalue weighted by Gasteiger charge is 2.26. The Labute approximate surface area is 190 Å². The molecule has 1 unspecified atom stereocenters. The van der Waals surface area contributed by atoms with Gasteiger partial charge in [-0.2, -0.15) is 0 Å². The number of piperazine rings is 1. The van der Waals surface area contributed by atoms with Crippen LogP contribution in [0.5, 0.6) is 0 Å². The van der Waals surface area contributed by atoms with Crippen molar-refractivity contribution in [3.63, 3.8) is 0 Å². The molecule has 2 aliphatic heterocycles. The Morgan fingerprint density at radius 3 is 2.50 bits per heavy atom. The molecule has 2 amide bonds. The maximum absolute atomic E-state index is 12.7. The molecule has 1 N–H and O–H groups in total. The van der Waals surface area contributed by atoms with E-state index < -0.39 is 0 Å². The SMILES string of the molecule is O=C(NCCC(=O)N1CCCC(CN2CCN(c3ccccn3)CC2)C1)c1ccccc1. The van der Waals surface area contributed by atoms with Crippen LogP contribution in [0.15, 0.2) is 54.7 Å². The number of pyridine rings is 1. The van der Waals surface area contributed by atoms with Gasteiger partial charge in [0.05, 0.1) is 0 Å². The number of carbonyl (C=O) groups excluding carboxylic acids is 2. The number of rotatable bonds is 7. The van der Waals surface area contributed by atoms with Crippen LogP contribution in [-0.2, 0) is 4.79 Å². The number of nitrogens with zero attached hydrogens (tertiary/aromatic N) is 4. The number of amides is 2. The van der Waals surface area contributed by atoms with Gasteiger partial charge in [0, 0.05) is 70.5 Å². The van der Waals surface area contributed by atoms with Crippen molar-refractivity contribution in [2.45, 2.75) is 19.3 Å². The average molecular weight is 436 g/mol. The highest BCUT2D eigenvalue weighted by atomic mass is 16.2. The van der Waals surface area contributed by atoms with Crippen LogP contribution in [-0.4, -0.2) is 79.0 Å². The molecule has 1 atom stereocenters. The Morgan fingerprint density at radius 2 is 1.75 bits per heavy atom. The number of piperidine rings is 1. The minimum Gasteiger partial charge on any atom is -0.354 e. The first kappa shape index (κ1) is 22.3. The second kappa shape index (κ2) is 11.1. The predicted octanol–water partition coefficient (Wildman–Crippen LogP) is 2.26. The number of anilines is 1. The van der Waals surface area contributed by atoms with Crippen LogP contribution in [0.3, 0.4) is 0 Å². The fraction of sp³-hybridized carbons (Fsp3) is 0.480. The van der Waals surface area contributed by atoms with Crippen molar-refractivity contribution in [2.75, 3.05) is 57.3 Å². The fourth-order valence-electron chi connectivity index (χ4n) is 4.64. The van der Waals surface area contributed by atoms with Crippen molar-refractivity contribution in [1.29, 1.82) is 0 Å². The third-order valence-electron chi connectivity index (χ3n) is 6.39. The topological polar surface area (TPSA) is 68.8 Å². The molecule has 0 saturated carbocycles. The summed E-state index contributed by atoms with van der Waals surface area (Å²) in [4.78, 5) is 36.2. The van der Waals surface area contributed by atoms with Gasteiger partial charge in [-0.3, -0.25) is 14.5 Å². The first-order valence-electron chi connectivity index (χ1n) is 11.7. The van der Waals surface area contributed by atoms with E-state index >= 15 is 0 Å². The molecule has 2 saturated heterocycles. The lowest BCUT2D eigenvalue weighted by molar-refractivity contribution is -0.133. The maximum Gasteiger partial charge on any atom is 0.251 e. The van der Waals surface area contributed by atoms with E-state index in [0.29, 0.717) is 24.4 Å². The summed E-state index contributed by atoms with van der Waals surface area (Å²) < 4.78 is 0. The summed E-state index contributed by atoms with van der Waals surface area (Å²) >= 11 is 0. The summed E-state index contributed by atoms with van der Waals surface area (Å²) in [6.45, 7) is 7.13. The standard InChI is InChI=1S/C25H33N5O2/c31-24(11-13-27-25(32)22-8-2-1-3-9-22)30-14-6-7-21(20-30)19-28-15-17-29(18-16-28)23-10-4-5-12-26-23/h1-5,8-10,12,21H,6-7,11,13-20H2,(H,27,32). The Kier molecular flexibility index (Phi) is 7.72. The van der Waals surface area contributed by atoms with Gasteiger partial charge in [-0.15, -0.1) is 0 Å². The molecule has 0 spiro atoms. The predicted molar refractivity (Wildman–Crippen MR) is 126 cm³/mol. The molecule has 1 aromatic heterocycles. The molecule has 2 fully saturated rings. The molecule has 0 bridgehead atoms. The highest BCUT2D eigenvalue weighted by Crippen LogP contribution is 2.20. The number of carbonyl (C=O) groups is 2. The zero-order valence-electron chi connectivity index (χ0n) is 18.7. The molecule has 0 aliphatic carbocycles. The summed E-state index contributed by atoms with van der Waals surface area (Å²) in [5, 5.41) is 2.86. The fourth-order valence-corrected chi connectivity index (χ4v) is 4.64. The van der Waals surface area contributed by atoms with Crippen LogP contribution >= 0.6 is 0 Å². The van der Waals surface area contributed by atoms with Crippen LogP contribution < -0.4 is 10.2 Å². The minimum atomic E-state index is -0.125. The van der Waals surface area contributed by atoms with Gasteiger partial charge in [0.1, 0.15) is 5.82 Å². The summed E-state index contributed by atoms with van der Waals surface area (Å²) in [6, 6.07) is 15.2. The van der Waals surface area contributed by atoms with Crippen LogP contribution in [0.2, 0.25) is 0 Å². The van der Waals surface area contributed by atoms with E-state index in [4.69, 9.17) is 0 Å². The lowest BCUT2D eigenvalue weighted by Crippen LogP contribution is -2.50. The number of hydrogen-bond donors (Lipinski definition) is 1. The summed E-state index contributed by atoms with van der Waals surface area (Å²) in [6.07, 6.45) is 4.44. The van der Waals surface area contributed by atoms with Crippen molar-refractivity contribution in [2.24, 2.45) is 5.92 Å².